The Kier molecular flexibility index (Phi) is 6.26. The first kappa shape index (κ1) is 19.2. The highest BCUT2D eigenvalue weighted by Crippen LogP contribution is 2.28. The van der Waals surface area contributed by atoms with Crippen LogP contribution in [0.15, 0.2) is 17.0 Å². The average molecular weight is 359 g/mol. The van der Waals surface area contributed by atoms with Crippen molar-refractivity contribution >= 4 is 22.4 Å². The summed E-state index contributed by atoms with van der Waals surface area (Å²) in [5, 5.41) is 3.15. The lowest BCUT2D eigenvalue weighted by Crippen LogP contribution is -2.43. The SMILES string of the molecule is CC1(CNS(=O)(=O)c2c(F)cc(F)cc2F)CCNCC1.Cl. The molecule has 1 aliphatic rings. The van der Waals surface area contributed by atoms with Crippen LogP contribution >= 0.6 is 12.4 Å². The molecule has 1 aliphatic heterocycles. The molecule has 0 amide bonds. The minimum Gasteiger partial charge on any atom is -0.317 e. The molecule has 0 spiro atoms. The van der Waals surface area contributed by atoms with Crippen molar-refractivity contribution in [2.75, 3.05) is 19.6 Å². The standard InChI is InChI=1S/C13H17F3N2O2S.ClH/c1-13(2-4-17-5-3-13)8-18-21(19,20)12-10(15)6-9(14)7-11(12)16;/h6-7,17-18H,2-5,8H2,1H3;1H. The highest BCUT2D eigenvalue weighted by molar-refractivity contribution is 7.89. The third-order valence-electron chi connectivity index (χ3n) is 3.73. The largest absolute Gasteiger partial charge is 0.317 e. The van der Waals surface area contributed by atoms with Gasteiger partial charge in [-0.05, 0) is 31.3 Å². The number of hydrogen-bond acceptors (Lipinski definition) is 3. The maximum absolute atomic E-state index is 13.6. The van der Waals surface area contributed by atoms with Crippen molar-refractivity contribution in [3.8, 4) is 0 Å². The van der Waals surface area contributed by atoms with E-state index in [-0.39, 0.29) is 24.4 Å². The fourth-order valence-corrected chi connectivity index (χ4v) is 3.65. The molecule has 126 valence electrons. The molecule has 0 aliphatic carbocycles. The summed E-state index contributed by atoms with van der Waals surface area (Å²) in [6, 6.07) is 0.702. The molecule has 2 rings (SSSR count). The quantitative estimate of drug-likeness (QED) is 0.867. The zero-order valence-corrected chi connectivity index (χ0v) is 13.6. The zero-order chi connectivity index (χ0) is 15.7. The molecular weight excluding hydrogens is 341 g/mol. The molecule has 1 aromatic carbocycles. The van der Waals surface area contributed by atoms with Gasteiger partial charge in [-0.15, -0.1) is 12.4 Å². The van der Waals surface area contributed by atoms with Gasteiger partial charge in [-0.3, -0.25) is 0 Å². The number of benzene rings is 1. The third kappa shape index (κ3) is 4.34. The first-order valence-corrected chi connectivity index (χ1v) is 8.07. The fourth-order valence-electron chi connectivity index (χ4n) is 2.33. The zero-order valence-electron chi connectivity index (χ0n) is 12.0. The van der Waals surface area contributed by atoms with E-state index < -0.39 is 32.4 Å². The molecule has 0 atom stereocenters. The molecule has 1 saturated heterocycles. The monoisotopic (exact) mass is 358 g/mol. The molecule has 0 aromatic heterocycles. The van der Waals surface area contributed by atoms with E-state index in [0.717, 1.165) is 25.9 Å². The molecule has 9 heteroatoms. The Hall–Kier alpha value is -0.830. The molecule has 0 unspecified atom stereocenters. The number of piperidine rings is 1. The fraction of sp³-hybridized carbons (Fsp3) is 0.538. The van der Waals surface area contributed by atoms with E-state index in [0.29, 0.717) is 12.1 Å². The maximum atomic E-state index is 13.6. The predicted molar refractivity (Wildman–Crippen MR) is 79.0 cm³/mol. The molecule has 4 nitrogen and oxygen atoms in total. The summed E-state index contributed by atoms with van der Waals surface area (Å²) in [5.74, 6) is -4.03. The Morgan fingerprint density at radius 1 is 1.18 bits per heavy atom. The van der Waals surface area contributed by atoms with Crippen molar-refractivity contribution in [1.29, 1.82) is 0 Å². The maximum Gasteiger partial charge on any atom is 0.246 e. The number of sulfonamides is 1. The highest BCUT2D eigenvalue weighted by atomic mass is 35.5. The average Bonchev–Trinajstić information content (AvgIpc) is 2.36. The lowest BCUT2D eigenvalue weighted by atomic mass is 9.81. The topological polar surface area (TPSA) is 58.2 Å². The Labute approximate surface area is 133 Å². The Bertz CT molecular complexity index is 611. The summed E-state index contributed by atoms with van der Waals surface area (Å²) >= 11 is 0. The van der Waals surface area contributed by atoms with E-state index in [1.165, 1.54) is 0 Å². The summed E-state index contributed by atoms with van der Waals surface area (Å²) in [6.45, 7) is 3.51. The van der Waals surface area contributed by atoms with Crippen LogP contribution in [0.5, 0.6) is 0 Å². The van der Waals surface area contributed by atoms with Gasteiger partial charge in [-0.25, -0.2) is 26.3 Å². The van der Waals surface area contributed by atoms with Crippen LogP contribution in [0, 0.1) is 22.9 Å². The van der Waals surface area contributed by atoms with Crippen LogP contribution in [-0.4, -0.2) is 28.1 Å². The Morgan fingerprint density at radius 2 is 1.68 bits per heavy atom. The summed E-state index contributed by atoms with van der Waals surface area (Å²) in [4.78, 5) is -1.14. The van der Waals surface area contributed by atoms with Gasteiger partial charge < -0.3 is 5.32 Å². The molecular formula is C13H18ClF3N2O2S. The van der Waals surface area contributed by atoms with Crippen LogP contribution in [0.1, 0.15) is 19.8 Å². The van der Waals surface area contributed by atoms with Gasteiger partial charge in [0.05, 0.1) is 0 Å². The van der Waals surface area contributed by atoms with Crippen molar-refractivity contribution in [2.24, 2.45) is 5.41 Å². The molecule has 1 heterocycles. The second-order valence-electron chi connectivity index (χ2n) is 5.58. The van der Waals surface area contributed by atoms with E-state index in [1.807, 2.05) is 6.92 Å². The van der Waals surface area contributed by atoms with Crippen LogP contribution in [-0.2, 0) is 10.0 Å². The molecule has 1 aromatic rings. The second kappa shape index (κ2) is 7.16. The lowest BCUT2D eigenvalue weighted by Gasteiger charge is -2.34. The third-order valence-corrected chi connectivity index (χ3v) is 5.18. The van der Waals surface area contributed by atoms with E-state index >= 15 is 0 Å². The molecule has 22 heavy (non-hydrogen) atoms. The molecule has 0 bridgehead atoms. The smallest absolute Gasteiger partial charge is 0.246 e. The summed E-state index contributed by atoms with van der Waals surface area (Å²) in [7, 11) is -4.36. The lowest BCUT2D eigenvalue weighted by molar-refractivity contribution is 0.232. The highest BCUT2D eigenvalue weighted by Gasteiger charge is 2.31. The number of rotatable bonds is 4. The van der Waals surface area contributed by atoms with Crippen LogP contribution in [0.3, 0.4) is 0 Å². The van der Waals surface area contributed by atoms with Crippen LogP contribution < -0.4 is 10.0 Å². The Morgan fingerprint density at radius 3 is 2.18 bits per heavy atom. The minimum absolute atomic E-state index is 0. The number of nitrogens with one attached hydrogen (secondary N) is 2. The number of halogens is 4. The summed E-state index contributed by atoms with van der Waals surface area (Å²) < 4.78 is 66.3. The van der Waals surface area contributed by atoms with Crippen LogP contribution in [0.4, 0.5) is 13.2 Å². The van der Waals surface area contributed by atoms with Crippen LogP contribution in [0.2, 0.25) is 0 Å². The molecule has 1 fully saturated rings. The van der Waals surface area contributed by atoms with Crippen molar-refractivity contribution in [3.63, 3.8) is 0 Å². The normalized spacial score (nSPS) is 17.8. The molecule has 2 N–H and O–H groups in total. The predicted octanol–water partition coefficient (Wildman–Crippen LogP) is 2.19. The van der Waals surface area contributed by atoms with Gasteiger partial charge in [0, 0.05) is 18.7 Å². The van der Waals surface area contributed by atoms with Crippen LogP contribution in [0.25, 0.3) is 0 Å². The van der Waals surface area contributed by atoms with Gasteiger partial charge in [-0.1, -0.05) is 6.92 Å². The van der Waals surface area contributed by atoms with E-state index in [2.05, 4.69) is 10.0 Å². The van der Waals surface area contributed by atoms with Gasteiger partial charge in [0.15, 0.2) is 4.90 Å². The number of hydrogen-bond donors (Lipinski definition) is 2. The Balaban J connectivity index is 0.00000242. The first-order chi connectivity index (χ1) is 9.73. The first-order valence-electron chi connectivity index (χ1n) is 6.58. The van der Waals surface area contributed by atoms with Gasteiger partial charge in [-0.2, -0.15) is 0 Å². The van der Waals surface area contributed by atoms with Gasteiger partial charge in [0.2, 0.25) is 10.0 Å². The second-order valence-corrected chi connectivity index (χ2v) is 7.29. The summed E-state index contributed by atoms with van der Waals surface area (Å²) in [6.07, 6.45) is 1.51. The molecule has 0 saturated carbocycles. The van der Waals surface area contributed by atoms with Gasteiger partial charge in [0.1, 0.15) is 17.5 Å². The van der Waals surface area contributed by atoms with Crippen molar-refractivity contribution in [1.82, 2.24) is 10.0 Å². The minimum atomic E-state index is -4.36. The molecule has 0 radical (unpaired) electrons. The van der Waals surface area contributed by atoms with E-state index in [9.17, 15) is 21.6 Å². The summed E-state index contributed by atoms with van der Waals surface area (Å²) in [5.41, 5.74) is -0.273. The van der Waals surface area contributed by atoms with Crippen molar-refractivity contribution < 1.29 is 21.6 Å². The van der Waals surface area contributed by atoms with E-state index in [4.69, 9.17) is 0 Å². The van der Waals surface area contributed by atoms with Crippen molar-refractivity contribution in [2.45, 2.75) is 24.7 Å². The van der Waals surface area contributed by atoms with Gasteiger partial charge in [0.25, 0.3) is 0 Å². The van der Waals surface area contributed by atoms with E-state index in [1.54, 1.807) is 0 Å². The van der Waals surface area contributed by atoms with Gasteiger partial charge >= 0.3 is 0 Å². The van der Waals surface area contributed by atoms with Crippen molar-refractivity contribution in [3.05, 3.63) is 29.6 Å².